The molecule has 0 bridgehead atoms. The molecular weight excluding hydrogens is 228 g/mol. The van der Waals surface area contributed by atoms with Gasteiger partial charge in [-0.3, -0.25) is 4.79 Å². The zero-order chi connectivity index (χ0) is 12.5. The summed E-state index contributed by atoms with van der Waals surface area (Å²) in [7, 11) is 0. The Morgan fingerprint density at radius 1 is 1.50 bits per heavy atom. The number of carbonyl (C=O) groups is 1. The molecule has 1 aliphatic heterocycles. The van der Waals surface area contributed by atoms with E-state index in [4.69, 9.17) is 0 Å². The number of imidazole rings is 1. The third kappa shape index (κ3) is 2.09. The van der Waals surface area contributed by atoms with Crippen LogP contribution in [0.25, 0.3) is 11.0 Å². The SMILES string of the molecule is Cc1nc2ccc(NC(=O)C3CCCN3)cc2[nH]1. The molecule has 1 aromatic carbocycles. The number of aromatic nitrogens is 2. The molecule has 1 fully saturated rings. The lowest BCUT2D eigenvalue weighted by molar-refractivity contribution is -0.117. The van der Waals surface area contributed by atoms with Crippen molar-refractivity contribution in [2.45, 2.75) is 25.8 Å². The van der Waals surface area contributed by atoms with Crippen LogP contribution in [0.1, 0.15) is 18.7 Å². The van der Waals surface area contributed by atoms with Crippen LogP contribution in [0.2, 0.25) is 0 Å². The number of rotatable bonds is 2. The van der Waals surface area contributed by atoms with Gasteiger partial charge in [-0.15, -0.1) is 0 Å². The summed E-state index contributed by atoms with van der Waals surface area (Å²) < 4.78 is 0. The Morgan fingerprint density at radius 3 is 3.17 bits per heavy atom. The first-order chi connectivity index (χ1) is 8.72. The average molecular weight is 244 g/mol. The molecule has 3 N–H and O–H groups in total. The number of aromatic amines is 1. The Balaban J connectivity index is 1.79. The van der Waals surface area contributed by atoms with Crippen molar-refractivity contribution < 1.29 is 4.79 Å². The first-order valence-electron chi connectivity index (χ1n) is 6.23. The number of anilines is 1. The van der Waals surface area contributed by atoms with Gasteiger partial charge in [0.05, 0.1) is 17.1 Å². The smallest absolute Gasteiger partial charge is 0.241 e. The molecule has 1 unspecified atom stereocenters. The number of nitrogens with zero attached hydrogens (tertiary/aromatic N) is 1. The van der Waals surface area contributed by atoms with Crippen LogP contribution < -0.4 is 10.6 Å². The van der Waals surface area contributed by atoms with Crippen LogP contribution in [0.3, 0.4) is 0 Å². The lowest BCUT2D eigenvalue weighted by atomic mass is 10.2. The Labute approximate surface area is 105 Å². The van der Waals surface area contributed by atoms with E-state index in [2.05, 4.69) is 20.6 Å². The number of H-pyrrole nitrogens is 1. The van der Waals surface area contributed by atoms with Gasteiger partial charge in [0.2, 0.25) is 5.91 Å². The van der Waals surface area contributed by atoms with Crippen LogP contribution in [-0.4, -0.2) is 28.5 Å². The second kappa shape index (κ2) is 4.42. The first-order valence-corrected chi connectivity index (χ1v) is 6.23. The molecule has 1 saturated heterocycles. The zero-order valence-corrected chi connectivity index (χ0v) is 10.3. The van der Waals surface area contributed by atoms with E-state index in [0.29, 0.717) is 0 Å². The summed E-state index contributed by atoms with van der Waals surface area (Å²) in [6, 6.07) is 5.66. The minimum absolute atomic E-state index is 0.0445. The zero-order valence-electron chi connectivity index (χ0n) is 10.3. The Kier molecular flexibility index (Phi) is 2.76. The van der Waals surface area contributed by atoms with E-state index in [1.54, 1.807) is 0 Å². The monoisotopic (exact) mass is 244 g/mol. The molecule has 2 aromatic rings. The summed E-state index contributed by atoms with van der Waals surface area (Å²) in [5.74, 6) is 0.925. The van der Waals surface area contributed by atoms with E-state index in [1.165, 1.54) is 0 Å². The fraction of sp³-hybridized carbons (Fsp3) is 0.385. The topological polar surface area (TPSA) is 69.8 Å². The van der Waals surface area contributed by atoms with E-state index < -0.39 is 0 Å². The Hall–Kier alpha value is -1.88. The lowest BCUT2D eigenvalue weighted by Gasteiger charge is -2.10. The van der Waals surface area contributed by atoms with Gasteiger partial charge >= 0.3 is 0 Å². The lowest BCUT2D eigenvalue weighted by Crippen LogP contribution is -2.35. The van der Waals surface area contributed by atoms with Gasteiger partial charge in [-0.25, -0.2) is 4.98 Å². The number of amides is 1. The first kappa shape index (κ1) is 11.2. The number of carbonyl (C=O) groups excluding carboxylic acids is 1. The largest absolute Gasteiger partial charge is 0.342 e. The van der Waals surface area contributed by atoms with E-state index >= 15 is 0 Å². The maximum Gasteiger partial charge on any atom is 0.241 e. The molecule has 3 rings (SSSR count). The average Bonchev–Trinajstić information content (AvgIpc) is 2.95. The van der Waals surface area contributed by atoms with Gasteiger partial charge in [-0.1, -0.05) is 0 Å². The van der Waals surface area contributed by atoms with E-state index in [-0.39, 0.29) is 11.9 Å². The summed E-state index contributed by atoms with van der Waals surface area (Å²) in [5.41, 5.74) is 2.68. The predicted molar refractivity (Wildman–Crippen MR) is 70.5 cm³/mol. The molecule has 1 aliphatic rings. The molecular formula is C13H16N4O. The molecule has 18 heavy (non-hydrogen) atoms. The second-order valence-electron chi connectivity index (χ2n) is 4.69. The molecule has 1 aromatic heterocycles. The van der Waals surface area contributed by atoms with Gasteiger partial charge in [0.15, 0.2) is 0 Å². The quantitative estimate of drug-likeness (QED) is 0.751. The van der Waals surface area contributed by atoms with Crippen molar-refractivity contribution in [2.75, 3.05) is 11.9 Å². The maximum atomic E-state index is 12.0. The molecule has 94 valence electrons. The standard InChI is InChI=1S/C13H16N4O/c1-8-15-10-5-4-9(7-12(10)16-8)17-13(18)11-3-2-6-14-11/h4-5,7,11,14H,2-3,6H2,1H3,(H,15,16)(H,17,18). The number of hydrogen-bond acceptors (Lipinski definition) is 3. The van der Waals surface area contributed by atoms with Crippen molar-refractivity contribution in [1.29, 1.82) is 0 Å². The third-order valence-electron chi connectivity index (χ3n) is 3.24. The van der Waals surface area contributed by atoms with Crippen LogP contribution in [0, 0.1) is 6.92 Å². The molecule has 1 amide bonds. The highest BCUT2D eigenvalue weighted by Crippen LogP contribution is 2.18. The Morgan fingerprint density at radius 2 is 2.39 bits per heavy atom. The highest BCUT2D eigenvalue weighted by atomic mass is 16.2. The molecule has 2 heterocycles. The molecule has 0 radical (unpaired) electrons. The highest BCUT2D eigenvalue weighted by molar-refractivity contribution is 5.96. The van der Waals surface area contributed by atoms with Crippen molar-refractivity contribution in [3.05, 3.63) is 24.0 Å². The minimum Gasteiger partial charge on any atom is -0.342 e. The van der Waals surface area contributed by atoms with E-state index in [1.807, 2.05) is 25.1 Å². The summed E-state index contributed by atoms with van der Waals surface area (Å²) in [5, 5.41) is 6.12. The number of hydrogen-bond donors (Lipinski definition) is 3. The van der Waals surface area contributed by atoms with Gasteiger partial charge in [0.1, 0.15) is 5.82 Å². The van der Waals surface area contributed by atoms with Gasteiger partial charge in [-0.05, 0) is 44.5 Å². The third-order valence-corrected chi connectivity index (χ3v) is 3.24. The summed E-state index contributed by atoms with van der Waals surface area (Å²) in [6.07, 6.45) is 1.98. The molecule has 0 saturated carbocycles. The molecule has 0 spiro atoms. The van der Waals surface area contributed by atoms with E-state index in [9.17, 15) is 4.79 Å². The number of aryl methyl sites for hydroxylation is 1. The van der Waals surface area contributed by atoms with Crippen molar-refractivity contribution in [3.63, 3.8) is 0 Å². The van der Waals surface area contributed by atoms with Crippen LogP contribution in [0.4, 0.5) is 5.69 Å². The summed E-state index contributed by atoms with van der Waals surface area (Å²) in [4.78, 5) is 19.5. The molecule has 5 heteroatoms. The van der Waals surface area contributed by atoms with Crippen molar-refractivity contribution in [2.24, 2.45) is 0 Å². The van der Waals surface area contributed by atoms with Gasteiger partial charge in [0, 0.05) is 5.69 Å². The fourth-order valence-corrected chi connectivity index (χ4v) is 2.35. The van der Waals surface area contributed by atoms with Crippen molar-refractivity contribution >= 4 is 22.6 Å². The number of nitrogens with one attached hydrogen (secondary N) is 3. The molecule has 5 nitrogen and oxygen atoms in total. The predicted octanol–water partition coefficient (Wildman–Crippen LogP) is 1.56. The molecule has 1 atom stereocenters. The normalized spacial score (nSPS) is 19.3. The van der Waals surface area contributed by atoms with Gasteiger partial charge < -0.3 is 15.6 Å². The van der Waals surface area contributed by atoms with Crippen LogP contribution in [0.5, 0.6) is 0 Å². The van der Waals surface area contributed by atoms with Crippen LogP contribution in [0.15, 0.2) is 18.2 Å². The maximum absolute atomic E-state index is 12.0. The van der Waals surface area contributed by atoms with Gasteiger partial charge in [0.25, 0.3) is 0 Å². The molecule has 0 aliphatic carbocycles. The van der Waals surface area contributed by atoms with E-state index in [0.717, 1.165) is 41.9 Å². The van der Waals surface area contributed by atoms with Crippen molar-refractivity contribution in [1.82, 2.24) is 15.3 Å². The second-order valence-corrected chi connectivity index (χ2v) is 4.69. The summed E-state index contributed by atoms with van der Waals surface area (Å²) in [6.45, 7) is 2.84. The van der Waals surface area contributed by atoms with Crippen LogP contribution >= 0.6 is 0 Å². The number of fused-ring (bicyclic) bond motifs is 1. The minimum atomic E-state index is -0.0517. The van der Waals surface area contributed by atoms with Gasteiger partial charge in [-0.2, -0.15) is 0 Å². The number of benzene rings is 1. The Bertz CT molecular complexity index is 584. The fourth-order valence-electron chi connectivity index (χ4n) is 2.35. The van der Waals surface area contributed by atoms with Crippen LogP contribution in [-0.2, 0) is 4.79 Å². The van der Waals surface area contributed by atoms with Crippen molar-refractivity contribution in [3.8, 4) is 0 Å². The summed E-state index contributed by atoms with van der Waals surface area (Å²) >= 11 is 0. The highest BCUT2D eigenvalue weighted by Gasteiger charge is 2.21.